The van der Waals surface area contributed by atoms with Crippen molar-refractivity contribution in [3.8, 4) is 6.07 Å². The number of carbonyl (C=O) groups is 1. The van der Waals surface area contributed by atoms with Crippen molar-refractivity contribution in [1.82, 2.24) is 10.2 Å². The van der Waals surface area contributed by atoms with Crippen LogP contribution in [-0.2, 0) is 10.3 Å². The SMILES string of the molecule is CC(C)(NCC(=O)N1C[C@@H](F)C[C@H]1C#N)c1ccco1. The molecule has 1 N–H and O–H groups in total. The Balaban J connectivity index is 1.94. The van der Waals surface area contributed by atoms with Gasteiger partial charge in [-0.25, -0.2) is 4.39 Å². The molecule has 1 saturated heterocycles. The van der Waals surface area contributed by atoms with E-state index in [-0.39, 0.29) is 25.4 Å². The molecular formula is C14H18FN3O2. The predicted octanol–water partition coefficient (Wildman–Crippen LogP) is 1.57. The van der Waals surface area contributed by atoms with Crippen LogP contribution < -0.4 is 5.32 Å². The smallest absolute Gasteiger partial charge is 0.237 e. The maximum atomic E-state index is 13.3. The van der Waals surface area contributed by atoms with E-state index in [9.17, 15) is 9.18 Å². The molecule has 2 rings (SSSR count). The summed E-state index contributed by atoms with van der Waals surface area (Å²) in [7, 11) is 0. The van der Waals surface area contributed by atoms with Crippen LogP contribution in [0.15, 0.2) is 22.8 Å². The number of amides is 1. The highest BCUT2D eigenvalue weighted by Gasteiger charge is 2.36. The van der Waals surface area contributed by atoms with E-state index in [2.05, 4.69) is 5.32 Å². The molecule has 1 aromatic rings. The number of nitrogens with one attached hydrogen (secondary N) is 1. The first-order chi connectivity index (χ1) is 9.44. The average molecular weight is 279 g/mol. The highest BCUT2D eigenvalue weighted by atomic mass is 19.1. The third-order valence-corrected chi connectivity index (χ3v) is 3.54. The van der Waals surface area contributed by atoms with Crippen LogP contribution >= 0.6 is 0 Å². The summed E-state index contributed by atoms with van der Waals surface area (Å²) < 4.78 is 18.6. The minimum Gasteiger partial charge on any atom is -0.467 e. The largest absolute Gasteiger partial charge is 0.467 e. The molecule has 5 nitrogen and oxygen atoms in total. The van der Waals surface area contributed by atoms with Gasteiger partial charge in [-0.3, -0.25) is 10.1 Å². The van der Waals surface area contributed by atoms with E-state index in [1.807, 2.05) is 26.0 Å². The van der Waals surface area contributed by atoms with E-state index in [0.29, 0.717) is 5.76 Å². The molecule has 2 atom stereocenters. The van der Waals surface area contributed by atoms with Crippen LogP contribution in [0.3, 0.4) is 0 Å². The summed E-state index contributed by atoms with van der Waals surface area (Å²) in [5.41, 5.74) is -0.504. The van der Waals surface area contributed by atoms with Gasteiger partial charge in [0.1, 0.15) is 18.0 Å². The first kappa shape index (κ1) is 14.5. The monoisotopic (exact) mass is 279 g/mol. The van der Waals surface area contributed by atoms with E-state index in [4.69, 9.17) is 9.68 Å². The predicted molar refractivity (Wildman–Crippen MR) is 70.4 cm³/mol. The molecule has 20 heavy (non-hydrogen) atoms. The maximum absolute atomic E-state index is 13.3. The number of halogens is 1. The van der Waals surface area contributed by atoms with Crippen molar-refractivity contribution in [1.29, 1.82) is 5.26 Å². The number of rotatable bonds is 4. The summed E-state index contributed by atoms with van der Waals surface area (Å²) in [5, 5.41) is 12.0. The molecule has 1 amide bonds. The van der Waals surface area contributed by atoms with Gasteiger partial charge in [0.05, 0.1) is 31.0 Å². The lowest BCUT2D eigenvalue weighted by Gasteiger charge is -2.26. The summed E-state index contributed by atoms with van der Waals surface area (Å²) in [6.45, 7) is 3.82. The first-order valence-corrected chi connectivity index (χ1v) is 6.56. The summed E-state index contributed by atoms with van der Waals surface area (Å²) in [6.07, 6.45) is 0.561. The number of hydrogen-bond acceptors (Lipinski definition) is 4. The molecule has 2 heterocycles. The zero-order valence-corrected chi connectivity index (χ0v) is 11.6. The quantitative estimate of drug-likeness (QED) is 0.908. The summed E-state index contributed by atoms with van der Waals surface area (Å²) >= 11 is 0. The van der Waals surface area contributed by atoms with Crippen LogP contribution in [0.5, 0.6) is 0 Å². The van der Waals surface area contributed by atoms with Gasteiger partial charge in [-0.15, -0.1) is 0 Å². The lowest BCUT2D eigenvalue weighted by Crippen LogP contribution is -2.46. The topological polar surface area (TPSA) is 69.3 Å². The van der Waals surface area contributed by atoms with Gasteiger partial charge in [0.2, 0.25) is 5.91 Å². The third-order valence-electron chi connectivity index (χ3n) is 3.54. The van der Waals surface area contributed by atoms with Crippen LogP contribution in [0.2, 0.25) is 0 Å². The van der Waals surface area contributed by atoms with E-state index in [1.54, 1.807) is 12.3 Å². The Morgan fingerprint density at radius 2 is 2.45 bits per heavy atom. The van der Waals surface area contributed by atoms with Crippen molar-refractivity contribution in [2.45, 2.75) is 38.0 Å². The molecule has 1 aliphatic heterocycles. The number of furan rings is 1. The standard InChI is InChI=1S/C14H18FN3O2/c1-14(2,12-4-3-5-20-12)17-8-13(19)18-9-10(15)6-11(18)7-16/h3-5,10-11,17H,6,8-9H2,1-2H3/t10-,11-/m0/s1. The van der Waals surface area contributed by atoms with Gasteiger partial charge in [-0.05, 0) is 26.0 Å². The fraction of sp³-hybridized carbons (Fsp3) is 0.571. The zero-order valence-electron chi connectivity index (χ0n) is 11.6. The van der Waals surface area contributed by atoms with E-state index >= 15 is 0 Å². The van der Waals surface area contributed by atoms with Crippen molar-refractivity contribution < 1.29 is 13.6 Å². The summed E-state index contributed by atoms with van der Waals surface area (Å²) in [4.78, 5) is 13.4. The molecule has 0 aromatic carbocycles. The fourth-order valence-corrected chi connectivity index (χ4v) is 2.30. The van der Waals surface area contributed by atoms with Crippen LogP contribution in [0.4, 0.5) is 4.39 Å². The summed E-state index contributed by atoms with van der Waals surface area (Å²) in [5.74, 6) is 0.447. The van der Waals surface area contributed by atoms with Crippen molar-refractivity contribution in [3.63, 3.8) is 0 Å². The van der Waals surface area contributed by atoms with E-state index < -0.39 is 17.8 Å². The Morgan fingerprint density at radius 1 is 1.70 bits per heavy atom. The number of nitriles is 1. The second kappa shape index (κ2) is 5.63. The molecule has 1 aliphatic rings. The first-order valence-electron chi connectivity index (χ1n) is 6.56. The Bertz CT molecular complexity index is 507. The van der Waals surface area contributed by atoms with Gasteiger partial charge in [-0.1, -0.05) is 0 Å². The molecule has 0 radical (unpaired) electrons. The average Bonchev–Trinajstić information content (AvgIpc) is 3.05. The third kappa shape index (κ3) is 2.99. The number of alkyl halides is 1. The Morgan fingerprint density at radius 3 is 3.05 bits per heavy atom. The van der Waals surface area contributed by atoms with Crippen molar-refractivity contribution >= 4 is 5.91 Å². The minimum absolute atomic E-state index is 0.0000788. The molecule has 0 bridgehead atoms. The number of nitrogens with zero attached hydrogens (tertiary/aromatic N) is 2. The van der Waals surface area contributed by atoms with E-state index in [1.165, 1.54) is 4.90 Å². The highest BCUT2D eigenvalue weighted by Crippen LogP contribution is 2.22. The molecule has 0 saturated carbocycles. The second-order valence-corrected chi connectivity index (χ2v) is 5.48. The summed E-state index contributed by atoms with van der Waals surface area (Å²) in [6, 6.07) is 4.91. The van der Waals surface area contributed by atoms with Crippen molar-refractivity contribution in [2.24, 2.45) is 0 Å². The number of hydrogen-bond donors (Lipinski definition) is 1. The Hall–Kier alpha value is -1.87. The lowest BCUT2D eigenvalue weighted by molar-refractivity contribution is -0.130. The Kier molecular flexibility index (Phi) is 4.09. The molecule has 0 unspecified atom stereocenters. The van der Waals surface area contributed by atoms with Crippen LogP contribution in [0.25, 0.3) is 0 Å². The molecule has 0 aliphatic carbocycles. The van der Waals surface area contributed by atoms with Crippen molar-refractivity contribution in [3.05, 3.63) is 24.2 Å². The molecule has 1 aromatic heterocycles. The number of likely N-dealkylation sites (tertiary alicyclic amines) is 1. The number of carbonyl (C=O) groups excluding carboxylic acids is 1. The van der Waals surface area contributed by atoms with Gasteiger partial charge in [0, 0.05) is 6.42 Å². The van der Waals surface area contributed by atoms with Gasteiger partial charge >= 0.3 is 0 Å². The normalized spacial score (nSPS) is 22.8. The van der Waals surface area contributed by atoms with Gasteiger partial charge in [0.25, 0.3) is 0 Å². The minimum atomic E-state index is -1.11. The van der Waals surface area contributed by atoms with Crippen molar-refractivity contribution in [2.75, 3.05) is 13.1 Å². The van der Waals surface area contributed by atoms with Gasteiger partial charge < -0.3 is 9.32 Å². The molecular weight excluding hydrogens is 261 g/mol. The van der Waals surface area contributed by atoms with Gasteiger partial charge in [0.15, 0.2) is 0 Å². The second-order valence-electron chi connectivity index (χ2n) is 5.48. The Labute approximate surface area is 117 Å². The van der Waals surface area contributed by atoms with Gasteiger partial charge in [-0.2, -0.15) is 5.26 Å². The lowest BCUT2D eigenvalue weighted by atomic mass is 10.0. The highest BCUT2D eigenvalue weighted by molar-refractivity contribution is 5.79. The van der Waals surface area contributed by atoms with Crippen LogP contribution in [0, 0.1) is 11.3 Å². The van der Waals surface area contributed by atoms with E-state index in [0.717, 1.165) is 0 Å². The maximum Gasteiger partial charge on any atom is 0.237 e. The van der Waals surface area contributed by atoms with Crippen LogP contribution in [0.1, 0.15) is 26.0 Å². The zero-order chi connectivity index (χ0) is 14.8. The molecule has 108 valence electrons. The molecule has 6 heteroatoms. The van der Waals surface area contributed by atoms with Crippen LogP contribution in [-0.4, -0.2) is 36.1 Å². The fourth-order valence-electron chi connectivity index (χ4n) is 2.30. The molecule has 1 fully saturated rings. The molecule has 0 spiro atoms.